The van der Waals surface area contributed by atoms with E-state index in [1.165, 1.54) is 18.4 Å². The number of esters is 1. The second-order valence-electron chi connectivity index (χ2n) is 7.97. The zero-order chi connectivity index (χ0) is 23.6. The number of carbonyl (C=O) groups excluding carboxylic acids is 2. The molecule has 0 saturated carbocycles. The van der Waals surface area contributed by atoms with Crippen LogP contribution in [0.3, 0.4) is 0 Å². The molecule has 3 atom stereocenters. The highest BCUT2D eigenvalue weighted by molar-refractivity contribution is 7.14. The van der Waals surface area contributed by atoms with Gasteiger partial charge in [0, 0.05) is 29.8 Å². The van der Waals surface area contributed by atoms with Gasteiger partial charge >= 0.3 is 5.97 Å². The molecule has 2 aromatic rings. The van der Waals surface area contributed by atoms with Gasteiger partial charge in [0.1, 0.15) is 4.88 Å². The van der Waals surface area contributed by atoms with Crippen molar-refractivity contribution in [1.82, 2.24) is 4.90 Å². The van der Waals surface area contributed by atoms with Crippen LogP contribution in [-0.2, 0) is 9.53 Å². The number of amides is 1. The molecule has 0 radical (unpaired) electrons. The predicted molar refractivity (Wildman–Crippen MR) is 132 cm³/mol. The number of rotatable bonds is 8. The van der Waals surface area contributed by atoms with Crippen LogP contribution in [0.15, 0.2) is 60.7 Å². The molecule has 0 aliphatic carbocycles. The fraction of sp³-hybridized carbons (Fsp3) is 0.333. The van der Waals surface area contributed by atoms with E-state index in [0.717, 1.165) is 16.9 Å². The summed E-state index contributed by atoms with van der Waals surface area (Å²) < 4.78 is 4.73. The van der Waals surface area contributed by atoms with Gasteiger partial charge in [-0.1, -0.05) is 55.2 Å². The molecule has 172 valence electrons. The third-order valence-electron chi connectivity index (χ3n) is 5.52. The first-order chi connectivity index (χ1) is 16.0. The number of benzene rings is 1. The summed E-state index contributed by atoms with van der Waals surface area (Å²) in [7, 11) is 1.36. The summed E-state index contributed by atoms with van der Waals surface area (Å²) in [5.74, 6) is 6.00. The molecular weight excluding hydrogens is 434 g/mol. The summed E-state index contributed by atoms with van der Waals surface area (Å²) in [6.45, 7) is 2.45. The monoisotopic (exact) mass is 463 g/mol. The number of aliphatic hydroxyl groups excluding tert-OH is 1. The molecule has 0 spiro atoms. The molecule has 33 heavy (non-hydrogen) atoms. The zero-order valence-electron chi connectivity index (χ0n) is 18.9. The van der Waals surface area contributed by atoms with Crippen molar-refractivity contribution in [2.45, 2.75) is 38.3 Å². The Morgan fingerprint density at radius 2 is 2.09 bits per heavy atom. The van der Waals surface area contributed by atoms with Crippen molar-refractivity contribution >= 4 is 29.3 Å². The highest BCUT2D eigenvalue weighted by Crippen LogP contribution is 2.22. The van der Waals surface area contributed by atoms with Gasteiger partial charge in [-0.2, -0.15) is 0 Å². The van der Waals surface area contributed by atoms with Crippen LogP contribution in [0.1, 0.15) is 46.3 Å². The normalized spacial score (nSPS) is 17.8. The summed E-state index contributed by atoms with van der Waals surface area (Å²) >= 11 is 1.35. The molecule has 5 nitrogen and oxygen atoms in total. The van der Waals surface area contributed by atoms with Crippen molar-refractivity contribution in [1.29, 1.82) is 0 Å². The Morgan fingerprint density at radius 1 is 1.30 bits per heavy atom. The molecule has 0 unspecified atom stereocenters. The molecule has 1 amide bonds. The van der Waals surface area contributed by atoms with E-state index in [9.17, 15) is 14.7 Å². The maximum absolute atomic E-state index is 12.3. The van der Waals surface area contributed by atoms with Gasteiger partial charge in [0.15, 0.2) is 0 Å². The van der Waals surface area contributed by atoms with Gasteiger partial charge in [-0.05, 0) is 42.7 Å². The number of thiophene rings is 1. The topological polar surface area (TPSA) is 66.8 Å². The Balaban J connectivity index is 1.52. The Morgan fingerprint density at radius 3 is 2.85 bits per heavy atom. The van der Waals surface area contributed by atoms with Crippen LogP contribution in [0, 0.1) is 17.8 Å². The number of hydrogen-bond acceptors (Lipinski definition) is 5. The lowest BCUT2D eigenvalue weighted by atomic mass is 9.99. The predicted octanol–water partition coefficient (Wildman–Crippen LogP) is 4.53. The zero-order valence-corrected chi connectivity index (χ0v) is 19.8. The average molecular weight is 464 g/mol. The van der Waals surface area contributed by atoms with Gasteiger partial charge in [0.2, 0.25) is 5.91 Å². The largest absolute Gasteiger partial charge is 0.465 e. The molecule has 6 heteroatoms. The number of ether oxygens (including phenoxy) is 1. The minimum absolute atomic E-state index is 0.00857. The van der Waals surface area contributed by atoms with Crippen LogP contribution >= 0.6 is 11.3 Å². The maximum Gasteiger partial charge on any atom is 0.348 e. The van der Waals surface area contributed by atoms with E-state index in [1.54, 1.807) is 12.1 Å². The standard InChI is InChI=1S/C27H29NO4S/c1-20(8-6-11-21-9-4-3-5-10-21)24(29)16-13-22-14-18-26(30)28(22)19-7-12-23-15-17-25(33-23)27(31)32-2/h3-5,7,9-10,12-13,15-17,20,22,24,29H,8,14,18-19H2,1-2H3/t20-,22-,24+/m0/s1. The second kappa shape index (κ2) is 12.2. The van der Waals surface area contributed by atoms with Crippen molar-refractivity contribution < 1.29 is 19.4 Å². The number of carbonyl (C=O) groups is 2. The average Bonchev–Trinajstić information content (AvgIpc) is 3.44. The van der Waals surface area contributed by atoms with E-state index < -0.39 is 6.10 Å². The smallest absolute Gasteiger partial charge is 0.348 e. The molecule has 1 saturated heterocycles. The summed E-state index contributed by atoms with van der Waals surface area (Å²) in [4.78, 5) is 27.2. The summed E-state index contributed by atoms with van der Waals surface area (Å²) in [5.41, 5.74) is 0.965. The maximum atomic E-state index is 12.3. The van der Waals surface area contributed by atoms with Gasteiger partial charge in [0.05, 0.1) is 19.3 Å². The molecule has 1 N–H and O–H groups in total. The lowest BCUT2D eigenvalue weighted by molar-refractivity contribution is -0.127. The lowest BCUT2D eigenvalue weighted by Gasteiger charge is -2.21. The van der Waals surface area contributed by atoms with Gasteiger partial charge < -0.3 is 14.7 Å². The molecule has 1 aromatic heterocycles. The first-order valence-corrected chi connectivity index (χ1v) is 11.8. The van der Waals surface area contributed by atoms with Crippen LogP contribution in [0.25, 0.3) is 6.08 Å². The summed E-state index contributed by atoms with van der Waals surface area (Å²) in [6, 6.07) is 13.3. The first-order valence-electron chi connectivity index (χ1n) is 11.0. The Hall–Kier alpha value is -3.14. The van der Waals surface area contributed by atoms with Crippen molar-refractivity contribution in [3.63, 3.8) is 0 Å². The fourth-order valence-corrected chi connectivity index (χ4v) is 4.37. The van der Waals surface area contributed by atoms with Crippen molar-refractivity contribution in [2.75, 3.05) is 13.7 Å². The Kier molecular flexibility index (Phi) is 9.05. The van der Waals surface area contributed by atoms with Crippen LogP contribution in [0.2, 0.25) is 0 Å². The van der Waals surface area contributed by atoms with E-state index in [0.29, 0.717) is 24.3 Å². The van der Waals surface area contributed by atoms with Crippen LogP contribution in [-0.4, -0.2) is 47.7 Å². The van der Waals surface area contributed by atoms with E-state index >= 15 is 0 Å². The molecule has 1 aliphatic rings. The van der Waals surface area contributed by atoms with Crippen LogP contribution in [0.4, 0.5) is 0 Å². The Labute approximate surface area is 199 Å². The second-order valence-corrected chi connectivity index (χ2v) is 9.09. The molecular formula is C27H29NO4S. The molecule has 1 aliphatic heterocycles. The third kappa shape index (κ3) is 7.18. The van der Waals surface area contributed by atoms with E-state index in [4.69, 9.17) is 4.74 Å². The fourth-order valence-electron chi connectivity index (χ4n) is 3.52. The quantitative estimate of drug-likeness (QED) is 0.355. The van der Waals surface area contributed by atoms with E-state index in [1.807, 2.05) is 66.4 Å². The first kappa shape index (κ1) is 24.5. The highest BCUT2D eigenvalue weighted by atomic mass is 32.1. The van der Waals surface area contributed by atoms with Gasteiger partial charge in [-0.25, -0.2) is 4.79 Å². The Bertz CT molecular complexity index is 1060. The minimum Gasteiger partial charge on any atom is -0.465 e. The third-order valence-corrected chi connectivity index (χ3v) is 6.55. The van der Waals surface area contributed by atoms with Crippen LogP contribution < -0.4 is 0 Å². The molecule has 1 aromatic carbocycles. The van der Waals surface area contributed by atoms with Gasteiger partial charge in [-0.15, -0.1) is 11.3 Å². The summed E-state index contributed by atoms with van der Waals surface area (Å²) in [5, 5.41) is 10.5. The van der Waals surface area contributed by atoms with Gasteiger partial charge in [-0.3, -0.25) is 4.79 Å². The molecule has 0 bridgehead atoms. The van der Waals surface area contributed by atoms with Gasteiger partial charge in [0.25, 0.3) is 0 Å². The molecule has 2 heterocycles. The number of nitrogens with zero attached hydrogens (tertiary/aromatic N) is 1. The van der Waals surface area contributed by atoms with Crippen molar-refractivity contribution in [2.24, 2.45) is 5.92 Å². The number of aliphatic hydroxyl groups is 1. The molecule has 1 fully saturated rings. The summed E-state index contributed by atoms with van der Waals surface area (Å²) in [6.07, 6.45) is 8.77. The number of likely N-dealkylation sites (tertiary alicyclic amines) is 1. The minimum atomic E-state index is -0.619. The number of hydrogen-bond donors (Lipinski definition) is 1. The van der Waals surface area contributed by atoms with E-state index in [2.05, 4.69) is 11.8 Å². The van der Waals surface area contributed by atoms with Crippen molar-refractivity contribution in [3.05, 3.63) is 76.0 Å². The number of methoxy groups -OCH3 is 1. The molecule has 3 rings (SSSR count). The van der Waals surface area contributed by atoms with E-state index in [-0.39, 0.29) is 23.8 Å². The highest BCUT2D eigenvalue weighted by Gasteiger charge is 2.28. The SMILES string of the molecule is COC(=O)c1ccc(C=CCN2C(=O)CC[C@@H]2C=C[C@@H](O)[C@@H](C)CC#Cc2ccccc2)s1. The van der Waals surface area contributed by atoms with Crippen molar-refractivity contribution in [3.8, 4) is 11.8 Å². The lowest BCUT2D eigenvalue weighted by Crippen LogP contribution is -2.32. The van der Waals surface area contributed by atoms with Crippen LogP contribution in [0.5, 0.6) is 0 Å².